The number of methoxy groups -OCH3 is 1. The van der Waals surface area contributed by atoms with Crippen LogP contribution in [0.15, 0.2) is 35.1 Å². The zero-order valence-corrected chi connectivity index (χ0v) is 15.8. The van der Waals surface area contributed by atoms with Crippen molar-refractivity contribution in [3.8, 4) is 11.1 Å². The van der Waals surface area contributed by atoms with Crippen LogP contribution in [-0.2, 0) is 22.1 Å². The average Bonchev–Trinajstić information content (AvgIpc) is 3.06. The number of fused-ring (bicyclic) bond motifs is 1. The lowest BCUT2D eigenvalue weighted by Gasteiger charge is -2.08. The highest BCUT2D eigenvalue weighted by Gasteiger charge is 2.38. The van der Waals surface area contributed by atoms with E-state index in [0.717, 1.165) is 4.52 Å². The Hall–Kier alpha value is -3.14. The number of ether oxygens (including phenoxy) is 1. The van der Waals surface area contributed by atoms with Gasteiger partial charge in [-0.25, -0.2) is 9.50 Å². The molecule has 0 saturated heterocycles. The lowest BCUT2D eigenvalue weighted by molar-refractivity contribution is -0.140. The summed E-state index contributed by atoms with van der Waals surface area (Å²) < 4.78 is 46.5. The van der Waals surface area contributed by atoms with Crippen LogP contribution in [0.2, 0.25) is 0 Å². The van der Waals surface area contributed by atoms with Gasteiger partial charge in [0, 0.05) is 24.9 Å². The normalized spacial score (nSPS) is 11.8. The van der Waals surface area contributed by atoms with Crippen LogP contribution in [0.5, 0.6) is 0 Å². The highest BCUT2D eigenvalue weighted by atomic mass is 19.4. The number of aryl methyl sites for hydroxylation is 1. The van der Waals surface area contributed by atoms with E-state index in [1.807, 2.05) is 0 Å². The van der Waals surface area contributed by atoms with E-state index in [-0.39, 0.29) is 41.0 Å². The van der Waals surface area contributed by atoms with Gasteiger partial charge in [-0.15, -0.1) is 0 Å². The maximum absolute atomic E-state index is 13.6. The first-order valence-electron chi connectivity index (χ1n) is 8.76. The molecule has 1 aromatic carbocycles. The summed E-state index contributed by atoms with van der Waals surface area (Å²) >= 11 is 0. The lowest BCUT2D eigenvalue weighted by atomic mass is 10.1. The second-order valence-corrected chi connectivity index (χ2v) is 6.39. The van der Waals surface area contributed by atoms with E-state index in [0.29, 0.717) is 6.61 Å². The molecule has 0 atom stereocenters. The summed E-state index contributed by atoms with van der Waals surface area (Å²) in [5, 5.41) is 4.70. The molecule has 154 valence electrons. The van der Waals surface area contributed by atoms with Gasteiger partial charge in [-0.3, -0.25) is 14.7 Å². The van der Waals surface area contributed by atoms with Crippen LogP contribution in [0, 0.1) is 6.92 Å². The molecule has 7 nitrogen and oxygen atoms in total. The molecule has 1 amide bonds. The number of halogens is 3. The monoisotopic (exact) mass is 408 g/mol. The number of carbonyl (C=O) groups excluding carboxylic acids is 1. The first kappa shape index (κ1) is 20.6. The van der Waals surface area contributed by atoms with E-state index in [1.165, 1.54) is 26.2 Å². The van der Waals surface area contributed by atoms with Crippen molar-refractivity contribution < 1.29 is 22.7 Å². The number of rotatable bonds is 6. The van der Waals surface area contributed by atoms with Crippen molar-refractivity contribution in [2.75, 3.05) is 20.3 Å². The van der Waals surface area contributed by atoms with Crippen LogP contribution in [0.25, 0.3) is 16.8 Å². The zero-order valence-electron chi connectivity index (χ0n) is 15.8. The van der Waals surface area contributed by atoms with Crippen molar-refractivity contribution in [3.05, 3.63) is 57.6 Å². The van der Waals surface area contributed by atoms with Crippen molar-refractivity contribution in [2.24, 2.45) is 0 Å². The number of benzene rings is 1. The fourth-order valence-corrected chi connectivity index (χ4v) is 3.02. The van der Waals surface area contributed by atoms with Crippen LogP contribution < -0.4 is 10.9 Å². The first-order valence-corrected chi connectivity index (χ1v) is 8.76. The smallest absolute Gasteiger partial charge is 0.383 e. The van der Waals surface area contributed by atoms with E-state index in [2.05, 4.69) is 15.4 Å². The minimum atomic E-state index is -4.73. The van der Waals surface area contributed by atoms with E-state index < -0.39 is 23.3 Å². The van der Waals surface area contributed by atoms with Gasteiger partial charge in [0.2, 0.25) is 5.91 Å². The molecule has 29 heavy (non-hydrogen) atoms. The summed E-state index contributed by atoms with van der Waals surface area (Å²) in [4.78, 5) is 29.1. The maximum atomic E-state index is 13.6. The number of aromatic nitrogens is 3. The third kappa shape index (κ3) is 4.16. The summed E-state index contributed by atoms with van der Waals surface area (Å²) in [5.74, 6) is -0.449. The van der Waals surface area contributed by atoms with Gasteiger partial charge in [-0.2, -0.15) is 13.2 Å². The Bertz CT molecular complexity index is 1090. The molecule has 0 fully saturated rings. The number of hydrogen-bond acceptors (Lipinski definition) is 4. The van der Waals surface area contributed by atoms with Crippen LogP contribution in [-0.4, -0.2) is 40.8 Å². The van der Waals surface area contributed by atoms with Gasteiger partial charge in [0.05, 0.1) is 18.6 Å². The molecule has 0 saturated carbocycles. The molecule has 0 aliphatic heterocycles. The Balaban J connectivity index is 2.14. The van der Waals surface area contributed by atoms with Gasteiger partial charge in [0.1, 0.15) is 5.69 Å². The Morgan fingerprint density at radius 1 is 1.28 bits per heavy atom. The number of carbonyl (C=O) groups is 1. The standard InChI is InChI=1S/C19H19F3N4O3/c1-11-13(10-14(27)23-8-9-29-2)18(28)26-17(24-11)15(12-6-4-3-5-7-12)16(25-26)19(20,21)22/h3-7,25H,8-10H2,1-2H3,(H,23,27). The predicted octanol–water partition coefficient (Wildman–Crippen LogP) is 2.32. The summed E-state index contributed by atoms with van der Waals surface area (Å²) in [6.45, 7) is 2.05. The number of nitrogens with zero attached hydrogens (tertiary/aromatic N) is 2. The third-order valence-electron chi connectivity index (χ3n) is 4.39. The molecule has 3 rings (SSSR count). The van der Waals surface area contributed by atoms with Crippen LogP contribution in [0.4, 0.5) is 13.2 Å². The predicted molar refractivity (Wildman–Crippen MR) is 99.6 cm³/mol. The number of alkyl halides is 3. The Morgan fingerprint density at radius 3 is 2.59 bits per heavy atom. The lowest BCUT2D eigenvalue weighted by Crippen LogP contribution is -2.32. The zero-order chi connectivity index (χ0) is 21.2. The second kappa shape index (κ2) is 8.08. The van der Waals surface area contributed by atoms with Crippen LogP contribution >= 0.6 is 0 Å². The summed E-state index contributed by atoms with van der Waals surface area (Å²) in [6.07, 6.45) is -5.03. The topological polar surface area (TPSA) is 88.5 Å². The minimum absolute atomic E-state index is 0.0204. The fourth-order valence-electron chi connectivity index (χ4n) is 3.02. The van der Waals surface area contributed by atoms with Gasteiger partial charge in [-0.05, 0) is 12.5 Å². The van der Waals surface area contributed by atoms with Crippen molar-refractivity contribution in [1.29, 1.82) is 0 Å². The third-order valence-corrected chi connectivity index (χ3v) is 4.39. The Morgan fingerprint density at radius 2 is 1.97 bits per heavy atom. The van der Waals surface area contributed by atoms with E-state index >= 15 is 0 Å². The Kier molecular flexibility index (Phi) is 5.73. The molecule has 0 bridgehead atoms. The van der Waals surface area contributed by atoms with Gasteiger partial charge >= 0.3 is 6.18 Å². The second-order valence-electron chi connectivity index (χ2n) is 6.39. The number of H-pyrrole nitrogens is 1. The van der Waals surface area contributed by atoms with Crippen LogP contribution in [0.3, 0.4) is 0 Å². The largest absolute Gasteiger partial charge is 0.433 e. The molecular formula is C19H19F3N4O3. The molecule has 2 N–H and O–H groups in total. The first-order chi connectivity index (χ1) is 13.7. The molecular weight excluding hydrogens is 389 g/mol. The van der Waals surface area contributed by atoms with Crippen molar-refractivity contribution in [2.45, 2.75) is 19.5 Å². The van der Waals surface area contributed by atoms with Crippen molar-refractivity contribution >= 4 is 11.6 Å². The van der Waals surface area contributed by atoms with E-state index in [4.69, 9.17) is 4.74 Å². The molecule has 0 aliphatic carbocycles. The van der Waals surface area contributed by atoms with Crippen molar-refractivity contribution in [1.82, 2.24) is 19.9 Å². The molecule has 10 heteroatoms. The molecule has 3 aromatic rings. The molecule has 0 unspecified atom stereocenters. The summed E-state index contributed by atoms with van der Waals surface area (Å²) in [6, 6.07) is 7.90. The van der Waals surface area contributed by atoms with Crippen LogP contribution in [0.1, 0.15) is 17.0 Å². The average molecular weight is 408 g/mol. The fraction of sp³-hybridized carbons (Fsp3) is 0.316. The molecule has 0 aliphatic rings. The number of hydrogen-bond donors (Lipinski definition) is 2. The molecule has 2 aromatic heterocycles. The summed E-state index contributed by atoms with van der Waals surface area (Å²) in [7, 11) is 1.48. The van der Waals surface area contributed by atoms with E-state index in [9.17, 15) is 22.8 Å². The molecule has 2 heterocycles. The molecule has 0 spiro atoms. The Labute approximate surface area is 163 Å². The quantitative estimate of drug-likeness (QED) is 0.613. The van der Waals surface area contributed by atoms with Gasteiger partial charge in [0.25, 0.3) is 5.56 Å². The number of nitrogens with one attached hydrogen (secondary N) is 2. The highest BCUT2D eigenvalue weighted by molar-refractivity contribution is 5.81. The van der Waals surface area contributed by atoms with E-state index in [1.54, 1.807) is 18.2 Å². The maximum Gasteiger partial charge on any atom is 0.433 e. The minimum Gasteiger partial charge on any atom is -0.383 e. The molecule has 0 radical (unpaired) electrons. The number of amides is 1. The van der Waals surface area contributed by atoms with Crippen molar-refractivity contribution in [3.63, 3.8) is 0 Å². The number of aromatic amines is 1. The van der Waals surface area contributed by atoms with Gasteiger partial charge in [0.15, 0.2) is 5.65 Å². The highest BCUT2D eigenvalue weighted by Crippen LogP contribution is 2.38. The van der Waals surface area contributed by atoms with Gasteiger partial charge in [-0.1, -0.05) is 30.3 Å². The summed E-state index contributed by atoms with van der Waals surface area (Å²) in [5.41, 5.74) is -1.69. The SMILES string of the molecule is COCCNC(=O)Cc1c(C)nc2c(-c3ccccc3)c(C(F)(F)F)[nH]n2c1=O. The van der Waals surface area contributed by atoms with Gasteiger partial charge < -0.3 is 10.1 Å².